The van der Waals surface area contributed by atoms with E-state index in [1.807, 2.05) is 46.8 Å². The summed E-state index contributed by atoms with van der Waals surface area (Å²) in [5.74, 6) is 0.0277. The first-order valence-corrected chi connectivity index (χ1v) is 12.2. The lowest BCUT2D eigenvalue weighted by Crippen LogP contribution is -2.51. The molecule has 3 heterocycles. The number of nitrogens with zero attached hydrogens (tertiary/aromatic N) is 4. The summed E-state index contributed by atoms with van der Waals surface area (Å²) in [6, 6.07) is 9.48. The van der Waals surface area contributed by atoms with Crippen LogP contribution in [0.15, 0.2) is 30.3 Å². The van der Waals surface area contributed by atoms with Gasteiger partial charge in [-0.15, -0.1) is 11.3 Å². The number of halogens is 1. The Bertz CT molecular complexity index is 1140. The maximum Gasteiger partial charge on any atom is 0.264 e. The van der Waals surface area contributed by atoms with Crippen LogP contribution >= 0.6 is 22.9 Å². The fraction of sp³-hybridized carbons (Fsp3) is 0.435. The van der Waals surface area contributed by atoms with Crippen molar-refractivity contribution in [3.63, 3.8) is 0 Å². The minimum Gasteiger partial charge on any atom is -0.385 e. The van der Waals surface area contributed by atoms with Gasteiger partial charge >= 0.3 is 0 Å². The molecule has 0 saturated carbocycles. The van der Waals surface area contributed by atoms with E-state index in [2.05, 4.69) is 15.3 Å². The number of rotatable bonds is 8. The summed E-state index contributed by atoms with van der Waals surface area (Å²) in [6.07, 6.45) is 0.799. The monoisotopic (exact) mass is 489 g/mol. The quantitative estimate of drug-likeness (QED) is 0.492. The molecule has 2 amide bonds. The van der Waals surface area contributed by atoms with Gasteiger partial charge in [0.1, 0.15) is 4.83 Å². The van der Waals surface area contributed by atoms with E-state index in [9.17, 15) is 9.59 Å². The van der Waals surface area contributed by atoms with Crippen LogP contribution in [0.1, 0.15) is 21.8 Å². The molecule has 3 aromatic rings. The largest absolute Gasteiger partial charge is 0.385 e. The van der Waals surface area contributed by atoms with Crippen molar-refractivity contribution < 1.29 is 14.3 Å². The maximum atomic E-state index is 13.2. The van der Waals surface area contributed by atoms with Crippen LogP contribution in [0.25, 0.3) is 15.9 Å². The molecule has 1 aliphatic heterocycles. The van der Waals surface area contributed by atoms with Crippen molar-refractivity contribution in [3.05, 3.63) is 45.9 Å². The number of aryl methyl sites for hydroxylation is 1. The Morgan fingerprint density at radius 3 is 2.70 bits per heavy atom. The van der Waals surface area contributed by atoms with Crippen LogP contribution in [-0.4, -0.2) is 84.4 Å². The number of para-hydroxylation sites is 1. The smallest absolute Gasteiger partial charge is 0.264 e. The third-order valence-corrected chi connectivity index (χ3v) is 7.13. The minimum absolute atomic E-state index is 0.00925. The number of carbonyl (C=O) groups excluding carboxylic acids is 2. The number of aromatic nitrogens is 2. The molecule has 4 rings (SSSR count). The number of benzene rings is 1. The summed E-state index contributed by atoms with van der Waals surface area (Å²) in [7, 11) is 1.65. The van der Waals surface area contributed by atoms with Gasteiger partial charge < -0.3 is 15.0 Å². The molecule has 0 spiro atoms. The first-order valence-electron chi connectivity index (χ1n) is 11.0. The highest BCUT2D eigenvalue weighted by atomic mass is 35.5. The molecular weight excluding hydrogens is 462 g/mol. The van der Waals surface area contributed by atoms with Gasteiger partial charge in [-0.1, -0.05) is 23.7 Å². The minimum atomic E-state index is 0.00925. The van der Waals surface area contributed by atoms with Gasteiger partial charge in [0.25, 0.3) is 5.91 Å². The highest BCUT2D eigenvalue weighted by Gasteiger charge is 2.26. The maximum absolute atomic E-state index is 13.2. The summed E-state index contributed by atoms with van der Waals surface area (Å²) < 4.78 is 6.81. The van der Waals surface area contributed by atoms with Crippen molar-refractivity contribution in [1.82, 2.24) is 24.9 Å². The van der Waals surface area contributed by atoms with Crippen LogP contribution in [0, 0.1) is 6.92 Å². The zero-order valence-electron chi connectivity index (χ0n) is 18.8. The van der Waals surface area contributed by atoms with Crippen molar-refractivity contribution in [2.45, 2.75) is 13.3 Å². The predicted molar refractivity (Wildman–Crippen MR) is 131 cm³/mol. The highest BCUT2D eigenvalue weighted by molar-refractivity contribution is 7.20. The number of carbonyl (C=O) groups is 2. The lowest BCUT2D eigenvalue weighted by atomic mass is 10.2. The number of thiophene rings is 1. The van der Waals surface area contributed by atoms with E-state index in [1.165, 1.54) is 11.3 Å². The number of methoxy groups -OCH3 is 1. The molecule has 0 unspecified atom stereocenters. The fourth-order valence-electron chi connectivity index (χ4n) is 3.91. The van der Waals surface area contributed by atoms with Crippen molar-refractivity contribution in [3.8, 4) is 5.69 Å². The first-order chi connectivity index (χ1) is 16.0. The molecule has 1 aliphatic rings. The average molecular weight is 490 g/mol. The Balaban J connectivity index is 1.38. The summed E-state index contributed by atoms with van der Waals surface area (Å²) >= 11 is 7.82. The normalized spacial score (nSPS) is 14.7. The van der Waals surface area contributed by atoms with E-state index in [4.69, 9.17) is 16.3 Å². The third kappa shape index (κ3) is 5.38. The SMILES string of the molecule is COCCCNC(=O)CN1CCN(C(=O)c2cc3c(C)nn(-c4ccccc4Cl)c3s2)CC1. The molecule has 1 aromatic carbocycles. The van der Waals surface area contributed by atoms with Crippen LogP contribution in [0.3, 0.4) is 0 Å². The third-order valence-electron chi connectivity index (χ3n) is 5.71. The Labute approximate surface area is 202 Å². The Hall–Kier alpha value is -2.46. The number of fused-ring (bicyclic) bond motifs is 1. The van der Waals surface area contributed by atoms with E-state index < -0.39 is 0 Å². The number of hydrogen-bond acceptors (Lipinski definition) is 6. The van der Waals surface area contributed by atoms with E-state index >= 15 is 0 Å². The molecule has 10 heteroatoms. The van der Waals surface area contributed by atoms with Crippen LogP contribution < -0.4 is 5.32 Å². The zero-order valence-corrected chi connectivity index (χ0v) is 20.4. The van der Waals surface area contributed by atoms with Crippen molar-refractivity contribution in [2.24, 2.45) is 0 Å². The molecule has 1 fully saturated rings. The number of amides is 2. The van der Waals surface area contributed by atoms with E-state index in [-0.39, 0.29) is 11.8 Å². The van der Waals surface area contributed by atoms with Gasteiger partial charge in [-0.25, -0.2) is 4.68 Å². The lowest BCUT2D eigenvalue weighted by Gasteiger charge is -2.34. The van der Waals surface area contributed by atoms with Gasteiger partial charge in [0.2, 0.25) is 5.91 Å². The van der Waals surface area contributed by atoms with Crippen molar-refractivity contribution >= 4 is 45.0 Å². The van der Waals surface area contributed by atoms with Crippen molar-refractivity contribution in [2.75, 3.05) is 53.0 Å². The average Bonchev–Trinajstić information content (AvgIpc) is 3.38. The molecule has 8 nitrogen and oxygen atoms in total. The van der Waals surface area contributed by atoms with Gasteiger partial charge in [-0.3, -0.25) is 14.5 Å². The molecule has 0 atom stereocenters. The summed E-state index contributed by atoms with van der Waals surface area (Å²) in [4.78, 5) is 30.8. The topological polar surface area (TPSA) is 79.7 Å². The molecule has 1 saturated heterocycles. The lowest BCUT2D eigenvalue weighted by molar-refractivity contribution is -0.122. The Morgan fingerprint density at radius 1 is 1.21 bits per heavy atom. The van der Waals surface area contributed by atoms with E-state index in [0.717, 1.165) is 28.0 Å². The predicted octanol–water partition coefficient (Wildman–Crippen LogP) is 2.96. The zero-order chi connectivity index (χ0) is 23.4. The number of piperazine rings is 1. The number of hydrogen-bond donors (Lipinski definition) is 1. The van der Waals surface area contributed by atoms with Gasteiger partial charge in [-0.2, -0.15) is 5.10 Å². The molecule has 33 heavy (non-hydrogen) atoms. The Kier molecular flexibility index (Phi) is 7.64. The molecule has 0 radical (unpaired) electrons. The van der Waals surface area contributed by atoms with Crippen LogP contribution in [0.2, 0.25) is 5.02 Å². The Morgan fingerprint density at radius 2 is 1.97 bits per heavy atom. The van der Waals surface area contributed by atoms with Crippen LogP contribution in [0.5, 0.6) is 0 Å². The standard InChI is InChI=1S/C23H28ClN5O3S/c1-16-17-14-20(33-23(17)29(26-16)19-7-4-3-6-18(19)24)22(31)28-11-9-27(10-12-28)15-21(30)25-8-5-13-32-2/h3-4,6-7,14H,5,8-13,15H2,1-2H3,(H,25,30). The summed E-state index contributed by atoms with van der Waals surface area (Å²) in [5, 5.41) is 9.11. The molecule has 0 bridgehead atoms. The van der Waals surface area contributed by atoms with Crippen molar-refractivity contribution in [1.29, 1.82) is 0 Å². The molecule has 1 N–H and O–H groups in total. The van der Waals surface area contributed by atoms with Crippen LogP contribution in [0.4, 0.5) is 0 Å². The molecule has 176 valence electrons. The molecule has 0 aliphatic carbocycles. The second-order valence-electron chi connectivity index (χ2n) is 8.04. The number of ether oxygens (including phenoxy) is 1. The van der Waals surface area contributed by atoms with E-state index in [1.54, 1.807) is 7.11 Å². The number of nitrogens with one attached hydrogen (secondary N) is 1. The van der Waals surface area contributed by atoms with Gasteiger partial charge in [0, 0.05) is 51.8 Å². The van der Waals surface area contributed by atoms with Gasteiger partial charge in [-0.05, 0) is 31.5 Å². The summed E-state index contributed by atoms with van der Waals surface area (Å²) in [5.41, 5.74) is 1.66. The molecular formula is C23H28ClN5O3S. The van der Waals surface area contributed by atoms with Gasteiger partial charge in [0.05, 0.1) is 27.8 Å². The summed E-state index contributed by atoms with van der Waals surface area (Å²) in [6.45, 7) is 6.08. The second-order valence-corrected chi connectivity index (χ2v) is 9.48. The fourth-order valence-corrected chi connectivity index (χ4v) is 5.27. The van der Waals surface area contributed by atoms with Gasteiger partial charge in [0.15, 0.2) is 0 Å². The second kappa shape index (κ2) is 10.6. The first kappa shape index (κ1) is 23.7. The highest BCUT2D eigenvalue weighted by Crippen LogP contribution is 2.33. The molecule has 2 aromatic heterocycles. The van der Waals surface area contributed by atoms with E-state index in [0.29, 0.717) is 55.8 Å². The van der Waals surface area contributed by atoms with Crippen LogP contribution in [-0.2, 0) is 9.53 Å².